The zero-order chi connectivity index (χ0) is 21.8. The maximum atomic E-state index is 13.1. The van der Waals surface area contributed by atoms with Crippen molar-refractivity contribution in [3.63, 3.8) is 0 Å². The average Bonchev–Trinajstić information content (AvgIpc) is 3.05. The van der Waals surface area contributed by atoms with E-state index in [-0.39, 0.29) is 17.9 Å². The summed E-state index contributed by atoms with van der Waals surface area (Å²) < 4.78 is 8.87. The third-order valence-corrected chi connectivity index (χ3v) is 5.93. The molecule has 1 saturated heterocycles. The second-order valence-corrected chi connectivity index (χ2v) is 7.88. The summed E-state index contributed by atoms with van der Waals surface area (Å²) in [5.41, 5.74) is 3.42. The minimum Gasteiger partial charge on any atom is -0.379 e. The lowest BCUT2D eigenvalue weighted by molar-refractivity contribution is -0.121. The van der Waals surface area contributed by atoms with Crippen molar-refractivity contribution >= 4 is 16.9 Å². The van der Waals surface area contributed by atoms with E-state index in [9.17, 15) is 9.59 Å². The number of ether oxygens (including phenoxy) is 1. The van der Waals surface area contributed by atoms with Crippen molar-refractivity contribution in [1.82, 2.24) is 24.3 Å². The number of aryl methyl sites for hydroxylation is 2. The van der Waals surface area contributed by atoms with Crippen LogP contribution in [-0.2, 0) is 16.1 Å². The molecule has 4 rings (SSSR count). The van der Waals surface area contributed by atoms with Crippen LogP contribution >= 0.6 is 0 Å². The van der Waals surface area contributed by atoms with Crippen LogP contribution in [0.5, 0.6) is 0 Å². The fourth-order valence-corrected chi connectivity index (χ4v) is 4.03. The Morgan fingerprint density at radius 1 is 1.13 bits per heavy atom. The summed E-state index contributed by atoms with van der Waals surface area (Å²) in [5, 5.41) is 3.55. The molecule has 1 aliphatic heterocycles. The van der Waals surface area contributed by atoms with Gasteiger partial charge in [-0.05, 0) is 31.5 Å². The van der Waals surface area contributed by atoms with E-state index in [1.54, 1.807) is 6.33 Å². The number of hydrogen-bond donors (Lipinski definition) is 1. The lowest BCUT2D eigenvalue weighted by atomic mass is 10.2. The van der Waals surface area contributed by atoms with Gasteiger partial charge in [-0.2, -0.15) is 0 Å². The first-order chi connectivity index (χ1) is 15.1. The van der Waals surface area contributed by atoms with Crippen molar-refractivity contribution in [3.05, 3.63) is 58.3 Å². The molecule has 31 heavy (non-hydrogen) atoms. The molecule has 1 N–H and O–H groups in total. The summed E-state index contributed by atoms with van der Waals surface area (Å²) >= 11 is 0. The highest BCUT2D eigenvalue weighted by Crippen LogP contribution is 2.24. The van der Waals surface area contributed by atoms with Crippen molar-refractivity contribution in [2.24, 2.45) is 0 Å². The third-order valence-electron chi connectivity index (χ3n) is 5.93. The van der Waals surface area contributed by atoms with Gasteiger partial charge in [-0.1, -0.05) is 18.2 Å². The summed E-state index contributed by atoms with van der Waals surface area (Å²) in [5.74, 6) is -0.0602. The highest BCUT2D eigenvalue weighted by atomic mass is 16.5. The molecule has 0 aliphatic carbocycles. The molecule has 0 saturated carbocycles. The Bertz CT molecular complexity index is 1110. The Morgan fingerprint density at radius 2 is 1.87 bits per heavy atom. The standard InChI is InChI=1S/C23H29N5O3/c1-17-18(2)28(19-6-4-3-5-7-19)22-21(17)23(30)27(16-25-22)10-8-20(29)24-9-11-26-12-14-31-15-13-26/h3-7,16H,8-15H2,1-2H3,(H,24,29). The predicted octanol–water partition coefficient (Wildman–Crippen LogP) is 1.64. The topological polar surface area (TPSA) is 81.4 Å². The molecule has 0 atom stereocenters. The molecule has 1 aliphatic rings. The van der Waals surface area contributed by atoms with E-state index in [1.165, 1.54) is 4.57 Å². The number of carbonyl (C=O) groups excluding carboxylic acids is 1. The molecule has 1 fully saturated rings. The predicted molar refractivity (Wildman–Crippen MR) is 120 cm³/mol. The van der Waals surface area contributed by atoms with Crippen LogP contribution in [0.4, 0.5) is 0 Å². The monoisotopic (exact) mass is 423 g/mol. The maximum absolute atomic E-state index is 13.1. The number of rotatable bonds is 7. The van der Waals surface area contributed by atoms with Gasteiger partial charge in [-0.25, -0.2) is 4.98 Å². The SMILES string of the molecule is Cc1c(C)n(-c2ccccc2)c2ncn(CCC(=O)NCCN3CCOCC3)c(=O)c12. The van der Waals surface area contributed by atoms with E-state index in [2.05, 4.69) is 15.2 Å². The summed E-state index contributed by atoms with van der Waals surface area (Å²) in [4.78, 5) is 32.2. The van der Waals surface area contributed by atoms with Crippen LogP contribution in [0.25, 0.3) is 16.7 Å². The Hall–Kier alpha value is -2.97. The second-order valence-electron chi connectivity index (χ2n) is 7.88. The van der Waals surface area contributed by atoms with E-state index in [1.807, 2.05) is 48.7 Å². The number of nitrogens with one attached hydrogen (secondary N) is 1. The van der Waals surface area contributed by atoms with Crippen molar-refractivity contribution in [3.8, 4) is 5.69 Å². The summed E-state index contributed by atoms with van der Waals surface area (Å²) in [6.07, 6.45) is 1.79. The molecular formula is C23H29N5O3. The van der Waals surface area contributed by atoms with Crippen molar-refractivity contribution < 1.29 is 9.53 Å². The van der Waals surface area contributed by atoms with E-state index < -0.39 is 0 Å². The van der Waals surface area contributed by atoms with E-state index >= 15 is 0 Å². The fourth-order valence-electron chi connectivity index (χ4n) is 4.03. The Labute approximate surface area is 181 Å². The van der Waals surface area contributed by atoms with Crippen LogP contribution in [0.1, 0.15) is 17.7 Å². The van der Waals surface area contributed by atoms with Gasteiger partial charge in [0, 0.05) is 50.5 Å². The first-order valence-electron chi connectivity index (χ1n) is 10.8. The summed E-state index contributed by atoms with van der Waals surface area (Å²) in [6, 6.07) is 9.90. The average molecular weight is 424 g/mol. The molecule has 2 aromatic heterocycles. The first-order valence-corrected chi connectivity index (χ1v) is 10.8. The molecule has 8 nitrogen and oxygen atoms in total. The number of morpholine rings is 1. The zero-order valence-corrected chi connectivity index (χ0v) is 18.1. The van der Waals surface area contributed by atoms with Gasteiger partial charge < -0.3 is 10.1 Å². The summed E-state index contributed by atoms with van der Waals surface area (Å²) in [6.45, 7) is 8.96. The molecule has 0 bridgehead atoms. The van der Waals surface area contributed by atoms with Gasteiger partial charge >= 0.3 is 0 Å². The number of hydrogen-bond acceptors (Lipinski definition) is 5. The van der Waals surface area contributed by atoms with Crippen molar-refractivity contribution in [1.29, 1.82) is 0 Å². The van der Waals surface area contributed by atoms with Crippen LogP contribution in [0.15, 0.2) is 41.5 Å². The van der Waals surface area contributed by atoms with Gasteiger partial charge in [0.05, 0.1) is 24.9 Å². The van der Waals surface area contributed by atoms with Crippen molar-refractivity contribution in [2.45, 2.75) is 26.8 Å². The number of para-hydroxylation sites is 1. The molecule has 1 amide bonds. The normalized spacial score (nSPS) is 14.8. The smallest absolute Gasteiger partial charge is 0.263 e. The highest BCUT2D eigenvalue weighted by Gasteiger charge is 2.18. The minimum atomic E-state index is -0.110. The molecule has 1 aromatic carbocycles. The van der Waals surface area contributed by atoms with Crippen LogP contribution in [0, 0.1) is 13.8 Å². The maximum Gasteiger partial charge on any atom is 0.263 e. The van der Waals surface area contributed by atoms with E-state index in [0.717, 1.165) is 49.8 Å². The first kappa shape index (κ1) is 21.3. The van der Waals surface area contributed by atoms with Gasteiger partial charge in [0.1, 0.15) is 0 Å². The molecule has 0 unspecified atom stereocenters. The molecule has 164 valence electrons. The Kier molecular flexibility index (Phi) is 6.48. The molecule has 3 heterocycles. The second kappa shape index (κ2) is 9.45. The van der Waals surface area contributed by atoms with Gasteiger partial charge in [-0.3, -0.25) is 23.6 Å². The van der Waals surface area contributed by atoms with Gasteiger partial charge in [0.2, 0.25) is 5.91 Å². The molecule has 0 spiro atoms. The largest absolute Gasteiger partial charge is 0.379 e. The number of carbonyl (C=O) groups is 1. The van der Waals surface area contributed by atoms with Gasteiger partial charge in [0.25, 0.3) is 5.56 Å². The van der Waals surface area contributed by atoms with E-state index in [0.29, 0.717) is 24.1 Å². The van der Waals surface area contributed by atoms with Gasteiger partial charge in [-0.15, -0.1) is 0 Å². The van der Waals surface area contributed by atoms with Crippen LogP contribution in [-0.4, -0.2) is 64.3 Å². The van der Waals surface area contributed by atoms with E-state index in [4.69, 9.17) is 4.74 Å². The number of amides is 1. The lowest BCUT2D eigenvalue weighted by Gasteiger charge is -2.26. The number of nitrogens with zero attached hydrogens (tertiary/aromatic N) is 4. The highest BCUT2D eigenvalue weighted by molar-refractivity contribution is 5.83. The minimum absolute atomic E-state index is 0.0602. The Morgan fingerprint density at radius 3 is 2.61 bits per heavy atom. The van der Waals surface area contributed by atoms with Crippen LogP contribution < -0.4 is 10.9 Å². The summed E-state index contributed by atoms with van der Waals surface area (Å²) in [7, 11) is 0. The molecular weight excluding hydrogens is 394 g/mol. The number of aromatic nitrogens is 3. The van der Waals surface area contributed by atoms with Gasteiger partial charge in [0.15, 0.2) is 5.65 Å². The lowest BCUT2D eigenvalue weighted by Crippen LogP contribution is -2.41. The molecule has 3 aromatic rings. The third kappa shape index (κ3) is 4.55. The van der Waals surface area contributed by atoms with Crippen LogP contribution in [0.2, 0.25) is 0 Å². The number of benzene rings is 1. The zero-order valence-electron chi connectivity index (χ0n) is 18.1. The van der Waals surface area contributed by atoms with Crippen molar-refractivity contribution in [2.75, 3.05) is 39.4 Å². The molecule has 0 radical (unpaired) electrons. The molecule has 8 heteroatoms. The number of fused-ring (bicyclic) bond motifs is 1. The Balaban J connectivity index is 1.44. The quantitative estimate of drug-likeness (QED) is 0.625. The van der Waals surface area contributed by atoms with Crippen LogP contribution in [0.3, 0.4) is 0 Å². The fraction of sp³-hybridized carbons (Fsp3) is 0.435.